The van der Waals surface area contributed by atoms with Crippen LogP contribution in [0.2, 0.25) is 0 Å². The van der Waals surface area contributed by atoms with E-state index in [0.717, 1.165) is 19.1 Å². The molecule has 15 heavy (non-hydrogen) atoms. The lowest BCUT2D eigenvalue weighted by Crippen LogP contribution is -2.18. The Hall–Kier alpha value is -1.09. The van der Waals surface area contributed by atoms with Gasteiger partial charge in [0.25, 0.3) is 0 Å². The Morgan fingerprint density at radius 2 is 2.47 bits per heavy atom. The van der Waals surface area contributed by atoms with Gasteiger partial charge in [0.2, 0.25) is 0 Å². The Morgan fingerprint density at radius 3 is 3.13 bits per heavy atom. The molecule has 0 radical (unpaired) electrons. The SMILES string of the molecule is CCn1nccc1/C=C(/C)CNC1CC1. The van der Waals surface area contributed by atoms with Gasteiger partial charge in [-0.15, -0.1) is 0 Å². The average Bonchev–Trinajstić information content (AvgIpc) is 2.96. The Bertz CT molecular complexity index is 348. The van der Waals surface area contributed by atoms with Crippen molar-refractivity contribution >= 4 is 6.08 Å². The van der Waals surface area contributed by atoms with Crippen molar-refractivity contribution in [2.75, 3.05) is 6.54 Å². The molecule has 0 aliphatic heterocycles. The van der Waals surface area contributed by atoms with E-state index in [-0.39, 0.29) is 0 Å². The van der Waals surface area contributed by atoms with E-state index in [1.165, 1.54) is 24.1 Å². The molecule has 0 spiro atoms. The van der Waals surface area contributed by atoms with Gasteiger partial charge in [-0.05, 0) is 38.8 Å². The molecule has 3 nitrogen and oxygen atoms in total. The summed E-state index contributed by atoms with van der Waals surface area (Å²) in [6.45, 7) is 6.21. The molecule has 1 heterocycles. The third kappa shape index (κ3) is 2.93. The monoisotopic (exact) mass is 205 g/mol. The predicted octanol–water partition coefficient (Wildman–Crippen LogP) is 2.06. The van der Waals surface area contributed by atoms with Gasteiger partial charge < -0.3 is 5.32 Å². The van der Waals surface area contributed by atoms with Crippen LogP contribution in [0.15, 0.2) is 17.8 Å². The molecule has 1 aromatic rings. The highest BCUT2D eigenvalue weighted by Gasteiger charge is 2.19. The summed E-state index contributed by atoms with van der Waals surface area (Å²) in [7, 11) is 0. The van der Waals surface area contributed by atoms with E-state index < -0.39 is 0 Å². The molecular weight excluding hydrogens is 186 g/mol. The zero-order valence-electron chi connectivity index (χ0n) is 9.53. The summed E-state index contributed by atoms with van der Waals surface area (Å²) in [5.74, 6) is 0. The van der Waals surface area contributed by atoms with Crippen molar-refractivity contribution in [3.8, 4) is 0 Å². The second kappa shape index (κ2) is 4.62. The maximum absolute atomic E-state index is 4.25. The normalized spacial score (nSPS) is 17.1. The molecule has 0 saturated heterocycles. The second-order valence-electron chi connectivity index (χ2n) is 4.22. The first-order valence-corrected chi connectivity index (χ1v) is 5.72. The van der Waals surface area contributed by atoms with E-state index in [1.807, 2.05) is 10.9 Å². The van der Waals surface area contributed by atoms with E-state index in [1.54, 1.807) is 0 Å². The zero-order valence-corrected chi connectivity index (χ0v) is 9.53. The minimum atomic E-state index is 0.782. The van der Waals surface area contributed by atoms with Crippen molar-refractivity contribution in [1.82, 2.24) is 15.1 Å². The Balaban J connectivity index is 1.94. The fraction of sp³-hybridized carbons (Fsp3) is 0.583. The standard InChI is InChI=1S/C12H19N3/c1-3-15-12(6-7-14-15)8-10(2)9-13-11-4-5-11/h6-8,11,13H,3-5,9H2,1-2H3/b10-8-. The quantitative estimate of drug-likeness (QED) is 0.797. The van der Waals surface area contributed by atoms with Gasteiger partial charge in [0.15, 0.2) is 0 Å². The van der Waals surface area contributed by atoms with Gasteiger partial charge in [0, 0.05) is 25.3 Å². The van der Waals surface area contributed by atoms with Gasteiger partial charge in [-0.25, -0.2) is 0 Å². The molecule has 1 aliphatic rings. The van der Waals surface area contributed by atoms with Gasteiger partial charge in [0.05, 0.1) is 5.69 Å². The van der Waals surface area contributed by atoms with Crippen molar-refractivity contribution in [2.24, 2.45) is 0 Å². The van der Waals surface area contributed by atoms with Gasteiger partial charge >= 0.3 is 0 Å². The molecule has 1 aliphatic carbocycles. The summed E-state index contributed by atoms with van der Waals surface area (Å²) in [5.41, 5.74) is 2.57. The maximum Gasteiger partial charge on any atom is 0.0609 e. The summed E-state index contributed by atoms with van der Waals surface area (Å²) >= 11 is 0. The van der Waals surface area contributed by atoms with Crippen LogP contribution in [0.25, 0.3) is 6.08 Å². The van der Waals surface area contributed by atoms with Crippen LogP contribution in [0.4, 0.5) is 0 Å². The van der Waals surface area contributed by atoms with Crippen LogP contribution in [0, 0.1) is 0 Å². The Kier molecular flexibility index (Phi) is 3.21. The molecule has 0 amide bonds. The minimum absolute atomic E-state index is 0.782. The number of rotatable bonds is 5. The van der Waals surface area contributed by atoms with Gasteiger partial charge in [-0.3, -0.25) is 4.68 Å². The number of nitrogens with one attached hydrogen (secondary N) is 1. The summed E-state index contributed by atoms with van der Waals surface area (Å²) < 4.78 is 2.01. The minimum Gasteiger partial charge on any atom is -0.310 e. The molecule has 1 saturated carbocycles. The van der Waals surface area contributed by atoms with Crippen LogP contribution in [-0.4, -0.2) is 22.4 Å². The van der Waals surface area contributed by atoms with Crippen LogP contribution >= 0.6 is 0 Å². The fourth-order valence-corrected chi connectivity index (χ4v) is 1.63. The van der Waals surface area contributed by atoms with Gasteiger partial charge in [-0.2, -0.15) is 5.10 Å². The van der Waals surface area contributed by atoms with Crippen LogP contribution in [0.1, 0.15) is 32.4 Å². The first-order valence-electron chi connectivity index (χ1n) is 5.72. The largest absolute Gasteiger partial charge is 0.310 e. The smallest absolute Gasteiger partial charge is 0.0609 e. The van der Waals surface area contributed by atoms with Crippen LogP contribution in [-0.2, 0) is 6.54 Å². The molecule has 0 aromatic carbocycles. The zero-order chi connectivity index (χ0) is 10.7. The molecule has 0 bridgehead atoms. The van der Waals surface area contributed by atoms with Crippen molar-refractivity contribution in [3.05, 3.63) is 23.5 Å². The van der Waals surface area contributed by atoms with Gasteiger partial charge in [0.1, 0.15) is 0 Å². The van der Waals surface area contributed by atoms with Crippen molar-refractivity contribution in [1.29, 1.82) is 0 Å². The maximum atomic E-state index is 4.25. The molecule has 1 N–H and O–H groups in total. The number of nitrogens with zero attached hydrogens (tertiary/aromatic N) is 2. The van der Waals surface area contributed by atoms with Crippen LogP contribution in [0.5, 0.6) is 0 Å². The van der Waals surface area contributed by atoms with E-state index >= 15 is 0 Å². The van der Waals surface area contributed by atoms with Crippen molar-refractivity contribution < 1.29 is 0 Å². The number of aromatic nitrogens is 2. The molecule has 82 valence electrons. The topological polar surface area (TPSA) is 29.9 Å². The highest BCUT2D eigenvalue weighted by atomic mass is 15.3. The number of hydrogen-bond donors (Lipinski definition) is 1. The summed E-state index contributed by atoms with van der Waals surface area (Å²) in [6.07, 6.45) is 6.77. The Labute approximate surface area is 91.2 Å². The second-order valence-corrected chi connectivity index (χ2v) is 4.22. The number of aryl methyl sites for hydroxylation is 1. The van der Waals surface area contributed by atoms with Crippen LogP contribution < -0.4 is 5.32 Å². The lowest BCUT2D eigenvalue weighted by atomic mass is 10.2. The third-order valence-corrected chi connectivity index (χ3v) is 2.69. The van der Waals surface area contributed by atoms with E-state index in [4.69, 9.17) is 0 Å². The molecule has 1 fully saturated rings. The van der Waals surface area contributed by atoms with Crippen molar-refractivity contribution in [2.45, 2.75) is 39.3 Å². The van der Waals surface area contributed by atoms with Crippen LogP contribution in [0.3, 0.4) is 0 Å². The van der Waals surface area contributed by atoms with E-state index in [0.29, 0.717) is 0 Å². The molecule has 3 heteroatoms. The lowest BCUT2D eigenvalue weighted by Gasteiger charge is -2.04. The lowest BCUT2D eigenvalue weighted by molar-refractivity contribution is 0.653. The molecule has 0 atom stereocenters. The molecular formula is C12H19N3. The fourth-order valence-electron chi connectivity index (χ4n) is 1.63. The first-order chi connectivity index (χ1) is 7.29. The highest BCUT2D eigenvalue weighted by Crippen LogP contribution is 2.18. The van der Waals surface area contributed by atoms with Gasteiger partial charge in [-0.1, -0.05) is 5.57 Å². The summed E-state index contributed by atoms with van der Waals surface area (Å²) in [6, 6.07) is 2.84. The van der Waals surface area contributed by atoms with E-state index in [2.05, 4.69) is 36.4 Å². The van der Waals surface area contributed by atoms with Crippen molar-refractivity contribution in [3.63, 3.8) is 0 Å². The summed E-state index contributed by atoms with van der Waals surface area (Å²) in [5, 5.41) is 7.76. The molecule has 2 rings (SSSR count). The number of hydrogen-bond acceptors (Lipinski definition) is 2. The summed E-state index contributed by atoms with van der Waals surface area (Å²) in [4.78, 5) is 0. The molecule has 0 unspecified atom stereocenters. The third-order valence-electron chi connectivity index (χ3n) is 2.69. The highest BCUT2D eigenvalue weighted by molar-refractivity contribution is 5.48. The molecule has 1 aromatic heterocycles. The average molecular weight is 205 g/mol. The first kappa shape index (κ1) is 10.4. The predicted molar refractivity (Wildman–Crippen MR) is 62.6 cm³/mol. The Morgan fingerprint density at radius 1 is 1.67 bits per heavy atom. The van der Waals surface area contributed by atoms with E-state index in [9.17, 15) is 0 Å².